The number of carbonyl (C=O) groups is 1. The van der Waals surface area contributed by atoms with E-state index in [9.17, 15) is 13.2 Å². The highest BCUT2D eigenvalue weighted by Crippen LogP contribution is 2.36. The fourth-order valence-electron chi connectivity index (χ4n) is 1.73. The molecule has 1 unspecified atom stereocenters. The molecule has 1 N–H and O–H groups in total. The highest BCUT2D eigenvalue weighted by Gasteiger charge is 2.42. The van der Waals surface area contributed by atoms with Crippen LogP contribution in [0.3, 0.4) is 0 Å². The Balaban J connectivity index is 2.34. The molecular weight excluding hydrogens is 252 g/mol. The Morgan fingerprint density at radius 2 is 2.19 bits per heavy atom. The van der Waals surface area contributed by atoms with Crippen molar-refractivity contribution in [3.8, 4) is 0 Å². The number of aromatic nitrogens is 2. The third-order valence-corrected chi connectivity index (χ3v) is 5.75. The molecule has 88 valence electrons. The first kappa shape index (κ1) is 11.5. The summed E-state index contributed by atoms with van der Waals surface area (Å²) in [6.45, 7) is 1.78. The van der Waals surface area contributed by atoms with Crippen molar-refractivity contribution in [2.45, 2.75) is 18.8 Å². The Bertz CT molecular complexity index is 536. The van der Waals surface area contributed by atoms with Crippen molar-refractivity contribution in [1.82, 2.24) is 10.2 Å². The third-order valence-electron chi connectivity index (χ3n) is 2.63. The lowest BCUT2D eigenvalue weighted by Crippen LogP contribution is -2.23. The molecule has 1 saturated heterocycles. The second-order valence-corrected chi connectivity index (χ2v) is 7.28. The minimum absolute atomic E-state index is 0.0221. The fraction of sp³-hybridized carbons (Fsp3) is 0.625. The predicted octanol–water partition coefficient (Wildman–Crippen LogP) is 0.313. The van der Waals surface area contributed by atoms with Gasteiger partial charge in [-0.3, -0.25) is 0 Å². The van der Waals surface area contributed by atoms with Gasteiger partial charge in [-0.1, -0.05) is 18.3 Å². The van der Waals surface area contributed by atoms with E-state index < -0.39 is 21.2 Å². The van der Waals surface area contributed by atoms with Crippen LogP contribution >= 0.6 is 11.3 Å². The van der Waals surface area contributed by atoms with E-state index in [4.69, 9.17) is 5.11 Å². The molecule has 6 nitrogen and oxygen atoms in total. The number of hydrogen-bond acceptors (Lipinski definition) is 6. The molecule has 0 saturated carbocycles. The quantitative estimate of drug-likeness (QED) is 0.824. The van der Waals surface area contributed by atoms with Gasteiger partial charge in [-0.25, -0.2) is 13.2 Å². The van der Waals surface area contributed by atoms with Gasteiger partial charge in [0.1, 0.15) is 5.01 Å². The van der Waals surface area contributed by atoms with Crippen molar-refractivity contribution in [3.63, 3.8) is 0 Å². The number of rotatable bonds is 2. The van der Waals surface area contributed by atoms with Gasteiger partial charge in [-0.15, -0.1) is 10.2 Å². The second-order valence-electron chi connectivity index (χ2n) is 4.12. The normalized spacial score (nSPS) is 28.1. The minimum Gasteiger partial charge on any atom is -0.476 e. The number of nitrogens with zero attached hydrogens (tertiary/aromatic N) is 2. The molecule has 1 fully saturated rings. The lowest BCUT2D eigenvalue weighted by Gasteiger charge is -2.16. The smallest absolute Gasteiger partial charge is 0.367 e. The molecule has 0 bridgehead atoms. The van der Waals surface area contributed by atoms with Crippen molar-refractivity contribution < 1.29 is 18.3 Å². The topological polar surface area (TPSA) is 97.2 Å². The molecule has 16 heavy (non-hydrogen) atoms. The zero-order valence-electron chi connectivity index (χ0n) is 8.50. The van der Waals surface area contributed by atoms with Crippen molar-refractivity contribution >= 4 is 27.1 Å². The van der Waals surface area contributed by atoms with E-state index >= 15 is 0 Å². The number of aromatic carboxylic acids is 1. The molecule has 1 aromatic rings. The Hall–Kier alpha value is -1.02. The van der Waals surface area contributed by atoms with Crippen LogP contribution in [0.4, 0.5) is 0 Å². The molecule has 1 aliphatic heterocycles. The SMILES string of the molecule is CC1(c2nnc(C(=O)O)s2)CCS(=O)(=O)C1. The number of carboxylic acid groups (broad SMARTS) is 1. The van der Waals surface area contributed by atoms with Gasteiger partial charge in [0.2, 0.25) is 5.01 Å². The maximum atomic E-state index is 11.4. The van der Waals surface area contributed by atoms with Crippen LogP contribution in [0, 0.1) is 0 Å². The minimum atomic E-state index is -3.02. The van der Waals surface area contributed by atoms with Gasteiger partial charge in [0.25, 0.3) is 0 Å². The van der Waals surface area contributed by atoms with Crippen molar-refractivity contribution in [3.05, 3.63) is 10.0 Å². The molecule has 1 atom stereocenters. The van der Waals surface area contributed by atoms with Gasteiger partial charge in [-0.05, 0) is 6.42 Å². The van der Waals surface area contributed by atoms with E-state index in [1.165, 1.54) is 0 Å². The lowest BCUT2D eigenvalue weighted by molar-refractivity contribution is 0.0695. The Morgan fingerprint density at radius 3 is 2.62 bits per heavy atom. The van der Waals surface area contributed by atoms with Gasteiger partial charge in [-0.2, -0.15) is 0 Å². The van der Waals surface area contributed by atoms with E-state index in [0.29, 0.717) is 11.4 Å². The Kier molecular flexibility index (Phi) is 2.50. The van der Waals surface area contributed by atoms with Crippen molar-refractivity contribution in [2.75, 3.05) is 11.5 Å². The van der Waals surface area contributed by atoms with E-state index in [1.54, 1.807) is 6.92 Å². The zero-order chi connectivity index (χ0) is 12.0. The van der Waals surface area contributed by atoms with Crippen LogP contribution in [0.15, 0.2) is 0 Å². The van der Waals surface area contributed by atoms with Crippen LogP contribution in [0.25, 0.3) is 0 Å². The van der Waals surface area contributed by atoms with E-state index in [-0.39, 0.29) is 16.5 Å². The number of sulfone groups is 1. The van der Waals surface area contributed by atoms with Gasteiger partial charge >= 0.3 is 5.97 Å². The summed E-state index contributed by atoms with van der Waals surface area (Å²) in [6, 6.07) is 0. The maximum absolute atomic E-state index is 11.4. The molecule has 2 rings (SSSR count). The average Bonchev–Trinajstić information content (AvgIpc) is 2.71. The third kappa shape index (κ3) is 1.94. The summed E-state index contributed by atoms with van der Waals surface area (Å²) >= 11 is 0.952. The summed E-state index contributed by atoms with van der Waals surface area (Å²) in [6.07, 6.45) is 0.476. The summed E-state index contributed by atoms with van der Waals surface area (Å²) in [7, 11) is -3.02. The first-order valence-electron chi connectivity index (χ1n) is 4.60. The largest absolute Gasteiger partial charge is 0.476 e. The van der Waals surface area contributed by atoms with Crippen molar-refractivity contribution in [2.24, 2.45) is 0 Å². The molecular formula is C8H10N2O4S2. The predicted molar refractivity (Wildman–Crippen MR) is 57.5 cm³/mol. The molecule has 0 aromatic carbocycles. The van der Waals surface area contributed by atoms with Gasteiger partial charge in [0, 0.05) is 5.41 Å². The summed E-state index contributed by atoms with van der Waals surface area (Å²) in [5, 5.41) is 16.4. The standard InChI is InChI=1S/C8H10N2O4S2/c1-8(2-3-16(13,14)4-8)7-10-9-5(15-7)6(11)12/h2-4H2,1H3,(H,11,12). The Labute approximate surface area is 96.2 Å². The highest BCUT2D eigenvalue weighted by molar-refractivity contribution is 7.91. The average molecular weight is 262 g/mol. The van der Waals surface area contributed by atoms with Crippen LogP contribution < -0.4 is 0 Å². The summed E-state index contributed by atoms with van der Waals surface area (Å²) in [4.78, 5) is 10.7. The van der Waals surface area contributed by atoms with Gasteiger partial charge in [0.15, 0.2) is 9.84 Å². The molecule has 8 heteroatoms. The molecule has 1 aromatic heterocycles. The molecule has 0 spiro atoms. The van der Waals surface area contributed by atoms with E-state index in [2.05, 4.69) is 10.2 Å². The summed E-state index contributed by atoms with van der Waals surface area (Å²) < 4.78 is 22.8. The molecule has 1 aliphatic rings. The first-order chi connectivity index (χ1) is 7.32. The number of hydrogen-bond donors (Lipinski definition) is 1. The van der Waals surface area contributed by atoms with Crippen LogP contribution in [0.5, 0.6) is 0 Å². The summed E-state index contributed by atoms with van der Waals surface area (Å²) in [5.41, 5.74) is -0.579. The van der Waals surface area contributed by atoms with E-state index in [0.717, 1.165) is 11.3 Å². The molecule has 0 radical (unpaired) electrons. The zero-order valence-corrected chi connectivity index (χ0v) is 10.1. The molecule has 0 amide bonds. The van der Waals surface area contributed by atoms with Crippen molar-refractivity contribution in [1.29, 1.82) is 0 Å². The van der Waals surface area contributed by atoms with Gasteiger partial charge < -0.3 is 5.11 Å². The second kappa shape index (κ2) is 3.49. The fourth-order valence-corrected chi connectivity index (χ4v) is 4.84. The van der Waals surface area contributed by atoms with Crippen LogP contribution in [-0.4, -0.2) is 41.2 Å². The van der Waals surface area contributed by atoms with Crippen LogP contribution in [-0.2, 0) is 15.3 Å². The van der Waals surface area contributed by atoms with E-state index in [1.807, 2.05) is 0 Å². The molecule has 2 heterocycles. The summed E-state index contributed by atoms with van der Waals surface area (Å²) in [5.74, 6) is -0.979. The number of carboxylic acids is 1. The lowest BCUT2D eigenvalue weighted by atomic mass is 9.91. The monoisotopic (exact) mass is 262 g/mol. The highest BCUT2D eigenvalue weighted by atomic mass is 32.2. The van der Waals surface area contributed by atoms with Crippen LogP contribution in [0.2, 0.25) is 0 Å². The Morgan fingerprint density at radius 1 is 1.50 bits per heavy atom. The first-order valence-corrected chi connectivity index (χ1v) is 7.24. The molecule has 0 aliphatic carbocycles. The van der Waals surface area contributed by atoms with Crippen LogP contribution in [0.1, 0.15) is 28.2 Å². The van der Waals surface area contributed by atoms with Gasteiger partial charge in [0.05, 0.1) is 11.5 Å². The maximum Gasteiger partial charge on any atom is 0.367 e.